The average Bonchev–Trinajstić information content (AvgIpc) is 3.33. The molecule has 0 aliphatic rings. The molecular weight excluding hydrogens is 402 g/mol. The monoisotopic (exact) mass is 425 g/mol. The Bertz CT molecular complexity index is 1390. The molecule has 0 N–H and O–H groups in total. The SMILES string of the molecule is CN(CCn1nc(Cn2cnc3c2c(=O)n(C)c(=O)n3C)oc1=O)Cc1ccccc1. The Kier molecular flexibility index (Phi) is 5.42. The summed E-state index contributed by atoms with van der Waals surface area (Å²) in [4.78, 5) is 43.0. The zero-order valence-corrected chi connectivity index (χ0v) is 17.6. The molecular formula is C20H23N7O4. The lowest BCUT2D eigenvalue weighted by Gasteiger charge is -2.15. The summed E-state index contributed by atoms with van der Waals surface area (Å²) < 4.78 is 10.4. The minimum Gasteiger partial charge on any atom is -0.390 e. The maximum absolute atomic E-state index is 12.5. The van der Waals surface area contributed by atoms with Crippen molar-refractivity contribution < 1.29 is 4.42 Å². The molecule has 0 bridgehead atoms. The van der Waals surface area contributed by atoms with E-state index in [4.69, 9.17) is 4.42 Å². The van der Waals surface area contributed by atoms with Gasteiger partial charge in [0.1, 0.15) is 6.54 Å². The molecule has 0 fully saturated rings. The Morgan fingerprint density at radius 2 is 1.81 bits per heavy atom. The molecule has 0 aliphatic carbocycles. The fraction of sp³-hybridized carbons (Fsp3) is 0.350. The van der Waals surface area contributed by atoms with Crippen LogP contribution in [0.3, 0.4) is 0 Å². The Morgan fingerprint density at radius 3 is 2.55 bits per heavy atom. The predicted molar refractivity (Wildman–Crippen MR) is 113 cm³/mol. The first-order chi connectivity index (χ1) is 14.8. The smallest absolute Gasteiger partial charge is 0.390 e. The lowest BCUT2D eigenvalue weighted by atomic mass is 10.2. The van der Waals surface area contributed by atoms with Crippen molar-refractivity contribution in [3.05, 3.63) is 79.5 Å². The summed E-state index contributed by atoms with van der Waals surface area (Å²) in [5.41, 5.74) is 0.751. The van der Waals surface area contributed by atoms with E-state index in [9.17, 15) is 14.4 Å². The van der Waals surface area contributed by atoms with Crippen LogP contribution < -0.4 is 17.0 Å². The van der Waals surface area contributed by atoms with Gasteiger partial charge >= 0.3 is 11.4 Å². The second-order valence-corrected chi connectivity index (χ2v) is 7.46. The Labute approximate surface area is 176 Å². The fourth-order valence-corrected chi connectivity index (χ4v) is 3.46. The molecule has 4 rings (SSSR count). The van der Waals surface area contributed by atoms with Crippen LogP contribution in [0, 0.1) is 0 Å². The number of aryl methyl sites for hydroxylation is 1. The molecule has 0 saturated heterocycles. The van der Waals surface area contributed by atoms with E-state index >= 15 is 0 Å². The van der Waals surface area contributed by atoms with Gasteiger partial charge in [0.15, 0.2) is 11.2 Å². The number of imidazole rings is 1. The molecule has 3 heterocycles. The van der Waals surface area contributed by atoms with Crippen LogP contribution in [0.5, 0.6) is 0 Å². The zero-order chi connectivity index (χ0) is 22.1. The van der Waals surface area contributed by atoms with Crippen molar-refractivity contribution in [3.63, 3.8) is 0 Å². The summed E-state index contributed by atoms with van der Waals surface area (Å²) in [6.07, 6.45) is 1.43. The Morgan fingerprint density at radius 1 is 1.06 bits per heavy atom. The molecule has 0 aliphatic heterocycles. The van der Waals surface area contributed by atoms with Gasteiger partial charge in [-0.05, 0) is 12.6 Å². The average molecular weight is 425 g/mol. The lowest BCUT2D eigenvalue weighted by molar-refractivity contribution is 0.300. The maximum atomic E-state index is 12.5. The number of hydrogen-bond acceptors (Lipinski definition) is 7. The second kappa shape index (κ2) is 8.19. The van der Waals surface area contributed by atoms with Crippen LogP contribution in [0.15, 0.2) is 55.5 Å². The van der Waals surface area contributed by atoms with Crippen molar-refractivity contribution in [2.24, 2.45) is 14.1 Å². The molecule has 0 amide bonds. The summed E-state index contributed by atoms with van der Waals surface area (Å²) in [6, 6.07) is 10.0. The topological polar surface area (TPSA) is 113 Å². The van der Waals surface area contributed by atoms with E-state index in [0.717, 1.165) is 11.1 Å². The highest BCUT2D eigenvalue weighted by molar-refractivity contribution is 5.70. The molecule has 1 aromatic carbocycles. The highest BCUT2D eigenvalue weighted by Gasteiger charge is 2.17. The van der Waals surface area contributed by atoms with Crippen molar-refractivity contribution in [2.75, 3.05) is 13.6 Å². The van der Waals surface area contributed by atoms with Crippen LogP contribution in [-0.4, -0.2) is 47.0 Å². The van der Waals surface area contributed by atoms with Crippen molar-refractivity contribution in [2.45, 2.75) is 19.6 Å². The van der Waals surface area contributed by atoms with Gasteiger partial charge in [-0.3, -0.25) is 13.9 Å². The van der Waals surface area contributed by atoms with Crippen LogP contribution in [-0.2, 0) is 33.7 Å². The van der Waals surface area contributed by atoms with E-state index in [1.165, 1.54) is 32.8 Å². The van der Waals surface area contributed by atoms with Gasteiger partial charge in [0.25, 0.3) is 5.56 Å². The first-order valence-electron chi connectivity index (χ1n) is 9.75. The van der Waals surface area contributed by atoms with Crippen LogP contribution in [0.25, 0.3) is 11.2 Å². The number of fused-ring (bicyclic) bond motifs is 1. The fourth-order valence-electron chi connectivity index (χ4n) is 3.46. The van der Waals surface area contributed by atoms with E-state index in [1.807, 2.05) is 37.4 Å². The van der Waals surface area contributed by atoms with Crippen LogP contribution >= 0.6 is 0 Å². The molecule has 0 spiro atoms. The van der Waals surface area contributed by atoms with Gasteiger partial charge in [-0.2, -0.15) is 4.68 Å². The van der Waals surface area contributed by atoms with Crippen LogP contribution in [0.2, 0.25) is 0 Å². The van der Waals surface area contributed by atoms with Gasteiger partial charge in [0.05, 0.1) is 12.9 Å². The third-order valence-electron chi connectivity index (χ3n) is 5.16. The molecule has 11 heteroatoms. The van der Waals surface area contributed by atoms with E-state index < -0.39 is 17.0 Å². The molecule has 162 valence electrons. The molecule has 0 radical (unpaired) electrons. The van der Waals surface area contributed by atoms with E-state index in [0.29, 0.717) is 13.1 Å². The van der Waals surface area contributed by atoms with Gasteiger partial charge in [-0.1, -0.05) is 30.3 Å². The molecule has 31 heavy (non-hydrogen) atoms. The molecule has 0 unspecified atom stereocenters. The molecule has 11 nitrogen and oxygen atoms in total. The highest BCUT2D eigenvalue weighted by atomic mass is 16.4. The van der Waals surface area contributed by atoms with E-state index in [2.05, 4.69) is 15.0 Å². The first-order valence-corrected chi connectivity index (χ1v) is 9.75. The largest absolute Gasteiger partial charge is 0.437 e. The molecule has 4 aromatic rings. The number of nitrogens with zero attached hydrogens (tertiary/aromatic N) is 7. The van der Waals surface area contributed by atoms with Crippen molar-refractivity contribution in [3.8, 4) is 0 Å². The Hall–Kier alpha value is -3.73. The van der Waals surface area contributed by atoms with Gasteiger partial charge in [0, 0.05) is 27.2 Å². The number of rotatable bonds is 7. The third-order valence-corrected chi connectivity index (χ3v) is 5.16. The quantitative estimate of drug-likeness (QED) is 0.402. The maximum Gasteiger partial charge on any atom is 0.437 e. The third kappa shape index (κ3) is 3.99. The summed E-state index contributed by atoms with van der Waals surface area (Å²) in [6.45, 7) is 1.78. The molecule has 3 aromatic heterocycles. The minimum atomic E-state index is -0.562. The number of likely N-dealkylation sites (N-methyl/N-ethyl adjacent to an activating group) is 1. The summed E-state index contributed by atoms with van der Waals surface area (Å²) in [7, 11) is 4.92. The number of aromatic nitrogens is 6. The van der Waals surface area contributed by atoms with Gasteiger partial charge in [-0.25, -0.2) is 14.6 Å². The lowest BCUT2D eigenvalue weighted by Crippen LogP contribution is -2.37. The van der Waals surface area contributed by atoms with Gasteiger partial charge in [-0.15, -0.1) is 5.10 Å². The van der Waals surface area contributed by atoms with Gasteiger partial charge in [0.2, 0.25) is 5.89 Å². The minimum absolute atomic E-state index is 0.0477. The molecule has 0 atom stereocenters. The Balaban J connectivity index is 1.50. The summed E-state index contributed by atoms with van der Waals surface area (Å²) >= 11 is 0. The first kappa shape index (κ1) is 20.5. The van der Waals surface area contributed by atoms with Crippen molar-refractivity contribution in [1.82, 2.24) is 33.4 Å². The van der Waals surface area contributed by atoms with Crippen molar-refractivity contribution >= 4 is 11.2 Å². The van der Waals surface area contributed by atoms with Crippen LogP contribution in [0.4, 0.5) is 0 Å². The van der Waals surface area contributed by atoms with E-state index in [-0.39, 0.29) is 23.6 Å². The molecule has 0 saturated carbocycles. The van der Waals surface area contributed by atoms with Crippen molar-refractivity contribution in [1.29, 1.82) is 0 Å². The highest BCUT2D eigenvalue weighted by Crippen LogP contribution is 2.08. The van der Waals surface area contributed by atoms with Gasteiger partial charge < -0.3 is 13.9 Å². The normalized spacial score (nSPS) is 11.6. The standard InChI is InChI=1S/C20H23N7O4/c1-23(11-14-7-5-4-6-8-14)9-10-27-20(30)31-15(22-27)12-26-13-21-17-16(26)18(28)25(3)19(29)24(17)2/h4-8,13H,9-12H2,1-3H3. The van der Waals surface area contributed by atoms with E-state index in [1.54, 1.807) is 7.05 Å². The predicted octanol–water partition coefficient (Wildman–Crippen LogP) is -0.236. The van der Waals surface area contributed by atoms with Crippen LogP contribution in [0.1, 0.15) is 11.5 Å². The second-order valence-electron chi connectivity index (χ2n) is 7.46. The summed E-state index contributed by atoms with van der Waals surface area (Å²) in [5.74, 6) is -0.404. The summed E-state index contributed by atoms with van der Waals surface area (Å²) in [5, 5.41) is 4.25. The zero-order valence-electron chi connectivity index (χ0n) is 17.6. The number of hydrogen-bond donors (Lipinski definition) is 0. The number of benzene rings is 1.